The van der Waals surface area contributed by atoms with Gasteiger partial charge in [-0.25, -0.2) is 14.3 Å². The van der Waals surface area contributed by atoms with Crippen LogP contribution in [0.2, 0.25) is 0 Å². The number of fused-ring (bicyclic) bond motifs is 3. The van der Waals surface area contributed by atoms with Gasteiger partial charge in [-0.2, -0.15) is 10.2 Å². The second-order valence-corrected chi connectivity index (χ2v) is 11.2. The van der Waals surface area contributed by atoms with E-state index >= 15 is 0 Å². The normalized spacial score (nSPS) is 16.0. The maximum atomic E-state index is 12.4. The second kappa shape index (κ2) is 14.9. The first kappa shape index (κ1) is 33.1. The monoisotopic (exact) mass is 629 g/mol. The summed E-state index contributed by atoms with van der Waals surface area (Å²) in [6.07, 6.45) is 7.35. The van der Waals surface area contributed by atoms with E-state index in [0.717, 1.165) is 69.9 Å². The van der Waals surface area contributed by atoms with Gasteiger partial charge >= 0.3 is 5.97 Å². The van der Waals surface area contributed by atoms with Crippen LogP contribution >= 0.6 is 0 Å². The SMILES string of the molecule is CC.CC.CCOC(=O)c1cc2ncc(N3CCc4c(cccc4-c4nn(C5CCOCC5)c5c4CN(C(C)=O)CC5)C3)cn2n1. The Morgan fingerprint density at radius 1 is 1.00 bits per heavy atom. The zero-order chi connectivity index (χ0) is 32.8. The topological polar surface area (TPSA) is 107 Å². The van der Waals surface area contributed by atoms with Gasteiger partial charge in [-0.15, -0.1) is 0 Å². The average Bonchev–Trinajstić information content (AvgIpc) is 3.71. The van der Waals surface area contributed by atoms with E-state index in [2.05, 4.69) is 37.9 Å². The van der Waals surface area contributed by atoms with Gasteiger partial charge in [0.25, 0.3) is 0 Å². The van der Waals surface area contributed by atoms with Gasteiger partial charge in [0.1, 0.15) is 0 Å². The molecule has 0 bridgehead atoms. The minimum Gasteiger partial charge on any atom is -0.461 e. The van der Waals surface area contributed by atoms with Crippen molar-refractivity contribution in [1.29, 1.82) is 0 Å². The summed E-state index contributed by atoms with van der Waals surface area (Å²) in [4.78, 5) is 33.3. The van der Waals surface area contributed by atoms with Crippen LogP contribution in [0, 0.1) is 0 Å². The van der Waals surface area contributed by atoms with Gasteiger partial charge < -0.3 is 19.3 Å². The first-order valence-corrected chi connectivity index (χ1v) is 16.8. The van der Waals surface area contributed by atoms with Crippen LogP contribution < -0.4 is 4.90 Å². The number of carbonyl (C=O) groups excluding carboxylic acids is 2. The van der Waals surface area contributed by atoms with E-state index in [9.17, 15) is 9.59 Å². The molecule has 3 aromatic heterocycles. The largest absolute Gasteiger partial charge is 0.461 e. The lowest BCUT2D eigenvalue weighted by atomic mass is 9.90. The molecule has 0 N–H and O–H groups in total. The number of ether oxygens (including phenoxy) is 2. The van der Waals surface area contributed by atoms with E-state index in [1.54, 1.807) is 24.4 Å². The number of aromatic nitrogens is 5. The molecule has 46 heavy (non-hydrogen) atoms. The van der Waals surface area contributed by atoms with Crippen LogP contribution in [0.1, 0.15) is 93.3 Å². The number of hydrogen-bond donors (Lipinski definition) is 0. The molecule has 11 nitrogen and oxygen atoms in total. The van der Waals surface area contributed by atoms with Crippen molar-refractivity contribution in [1.82, 2.24) is 29.3 Å². The number of rotatable bonds is 5. The number of nitrogens with zero attached hydrogens (tertiary/aromatic N) is 7. The second-order valence-electron chi connectivity index (χ2n) is 11.2. The molecule has 4 aromatic rings. The highest BCUT2D eigenvalue weighted by Crippen LogP contribution is 2.38. The predicted molar refractivity (Wildman–Crippen MR) is 178 cm³/mol. The molecule has 6 heterocycles. The van der Waals surface area contributed by atoms with E-state index < -0.39 is 5.97 Å². The van der Waals surface area contributed by atoms with E-state index in [0.29, 0.717) is 24.8 Å². The molecule has 7 rings (SSSR count). The average molecular weight is 630 g/mol. The molecular weight excluding hydrogens is 582 g/mol. The Morgan fingerprint density at radius 3 is 2.52 bits per heavy atom. The van der Waals surface area contributed by atoms with Crippen molar-refractivity contribution >= 4 is 23.2 Å². The fourth-order valence-electron chi connectivity index (χ4n) is 6.55. The number of benzene rings is 1. The lowest BCUT2D eigenvalue weighted by molar-refractivity contribution is -0.129. The van der Waals surface area contributed by atoms with Gasteiger partial charge in [-0.05, 0) is 37.3 Å². The molecule has 0 atom stereocenters. The number of amides is 1. The summed E-state index contributed by atoms with van der Waals surface area (Å²) in [6.45, 7) is 16.1. The minimum atomic E-state index is -0.447. The minimum absolute atomic E-state index is 0.105. The summed E-state index contributed by atoms with van der Waals surface area (Å²) in [6, 6.07) is 8.46. The number of esters is 1. The van der Waals surface area contributed by atoms with Crippen LogP contribution in [0.4, 0.5) is 5.69 Å². The summed E-state index contributed by atoms with van der Waals surface area (Å²) >= 11 is 0. The lowest BCUT2D eigenvalue weighted by Gasteiger charge is -2.32. The molecule has 1 amide bonds. The van der Waals surface area contributed by atoms with Crippen LogP contribution in [-0.4, -0.2) is 74.1 Å². The standard InChI is InChI=1S/C31H35N7O4.2C2H6/c1-3-42-31(40)27-15-29-32-16-23(18-37(29)33-27)36-11-7-24-21(17-36)5-4-6-25(24)30-26-19-35(20(2)39)12-8-28(26)38(34-30)22-9-13-41-14-10-22;2*1-2/h4-6,15-16,18,22H,3,7-14,17,19H2,1-2H3;2*1-2H3. The first-order chi connectivity index (χ1) is 22.5. The summed E-state index contributed by atoms with van der Waals surface area (Å²) in [7, 11) is 0. The highest BCUT2D eigenvalue weighted by atomic mass is 16.5. The Balaban J connectivity index is 0.00000100. The third-order valence-electron chi connectivity index (χ3n) is 8.74. The van der Waals surface area contributed by atoms with Crippen LogP contribution in [0.25, 0.3) is 16.9 Å². The van der Waals surface area contributed by atoms with Gasteiger partial charge in [0, 0.05) is 75.6 Å². The molecule has 1 aromatic carbocycles. The molecule has 1 saturated heterocycles. The molecule has 0 unspecified atom stereocenters. The van der Waals surface area contributed by atoms with Crippen molar-refractivity contribution in [2.75, 3.05) is 37.8 Å². The summed E-state index contributed by atoms with van der Waals surface area (Å²) in [5.74, 6) is -0.342. The highest BCUT2D eigenvalue weighted by Gasteiger charge is 2.32. The Hall–Kier alpha value is -4.25. The smallest absolute Gasteiger partial charge is 0.358 e. The van der Waals surface area contributed by atoms with Crippen LogP contribution in [0.3, 0.4) is 0 Å². The van der Waals surface area contributed by atoms with Gasteiger partial charge in [0.2, 0.25) is 5.91 Å². The maximum absolute atomic E-state index is 12.4. The van der Waals surface area contributed by atoms with E-state index in [1.165, 1.54) is 27.9 Å². The Bertz CT molecular complexity index is 1670. The zero-order valence-electron chi connectivity index (χ0n) is 28.1. The third kappa shape index (κ3) is 6.51. The first-order valence-electron chi connectivity index (χ1n) is 16.8. The summed E-state index contributed by atoms with van der Waals surface area (Å²) in [5, 5.41) is 9.67. The fourth-order valence-corrected chi connectivity index (χ4v) is 6.55. The molecule has 0 aliphatic carbocycles. The number of anilines is 1. The van der Waals surface area contributed by atoms with Gasteiger partial charge in [-0.3, -0.25) is 9.48 Å². The van der Waals surface area contributed by atoms with Gasteiger partial charge in [0.15, 0.2) is 11.3 Å². The zero-order valence-corrected chi connectivity index (χ0v) is 28.1. The van der Waals surface area contributed by atoms with Gasteiger partial charge in [-0.1, -0.05) is 45.9 Å². The predicted octanol–water partition coefficient (Wildman–Crippen LogP) is 5.64. The number of carbonyl (C=O) groups is 2. The summed E-state index contributed by atoms with van der Waals surface area (Å²) < 4.78 is 14.6. The Labute approximate surface area is 271 Å². The molecule has 3 aliphatic rings. The number of hydrogen-bond acceptors (Lipinski definition) is 8. The Kier molecular flexibility index (Phi) is 10.7. The molecular formula is C35H47N7O4. The molecule has 246 valence electrons. The van der Waals surface area contributed by atoms with E-state index in [4.69, 9.17) is 14.6 Å². The van der Waals surface area contributed by atoms with Crippen molar-refractivity contribution in [2.24, 2.45) is 0 Å². The molecule has 11 heteroatoms. The Morgan fingerprint density at radius 2 is 1.78 bits per heavy atom. The van der Waals surface area contributed by atoms with Crippen molar-refractivity contribution in [2.45, 2.75) is 86.4 Å². The van der Waals surface area contributed by atoms with Crippen molar-refractivity contribution in [3.8, 4) is 11.3 Å². The van der Waals surface area contributed by atoms with E-state index in [1.807, 2.05) is 45.0 Å². The maximum Gasteiger partial charge on any atom is 0.358 e. The van der Waals surface area contributed by atoms with Gasteiger partial charge in [0.05, 0.1) is 36.4 Å². The molecule has 1 fully saturated rings. The molecule has 0 spiro atoms. The quantitative estimate of drug-likeness (QED) is 0.261. The van der Waals surface area contributed by atoms with Crippen molar-refractivity contribution in [3.63, 3.8) is 0 Å². The van der Waals surface area contributed by atoms with Crippen molar-refractivity contribution < 1.29 is 19.1 Å². The fraction of sp³-hybridized carbons (Fsp3) is 0.514. The molecule has 0 radical (unpaired) electrons. The van der Waals surface area contributed by atoms with Crippen LogP contribution in [-0.2, 0) is 40.2 Å². The van der Waals surface area contributed by atoms with Crippen molar-refractivity contribution in [3.05, 3.63) is 64.7 Å². The highest BCUT2D eigenvalue weighted by molar-refractivity contribution is 5.88. The summed E-state index contributed by atoms with van der Waals surface area (Å²) in [5.41, 5.74) is 8.99. The lowest BCUT2D eigenvalue weighted by Crippen LogP contribution is -2.35. The van der Waals surface area contributed by atoms with Crippen LogP contribution in [0.5, 0.6) is 0 Å². The molecule has 0 saturated carbocycles. The van der Waals surface area contributed by atoms with Crippen LogP contribution in [0.15, 0.2) is 36.7 Å². The van der Waals surface area contributed by atoms with E-state index in [-0.39, 0.29) is 11.6 Å². The third-order valence-corrected chi connectivity index (χ3v) is 8.74. The molecule has 3 aliphatic heterocycles.